The van der Waals surface area contributed by atoms with Crippen LogP contribution in [0.25, 0.3) is 11.1 Å². The van der Waals surface area contributed by atoms with Crippen LogP contribution in [0.5, 0.6) is 5.75 Å². The fourth-order valence-corrected chi connectivity index (χ4v) is 3.44. The van der Waals surface area contributed by atoms with E-state index in [0.29, 0.717) is 0 Å². The zero-order chi connectivity index (χ0) is 19.3. The van der Waals surface area contributed by atoms with E-state index in [1.54, 1.807) is 13.3 Å². The molecule has 0 saturated heterocycles. The first-order valence-corrected chi connectivity index (χ1v) is 9.08. The number of nitrogens with zero attached hydrogens (tertiary/aromatic N) is 2. The third-order valence-corrected chi connectivity index (χ3v) is 4.77. The third kappa shape index (κ3) is 3.32. The first-order chi connectivity index (χ1) is 13.8. The Kier molecular flexibility index (Phi) is 5.02. The molecule has 0 radical (unpaired) electrons. The van der Waals surface area contributed by atoms with Crippen molar-refractivity contribution in [2.75, 3.05) is 12.0 Å². The maximum atomic E-state index is 12.2. The fraction of sp³-hybridized carbons (Fsp3) is 0.0833. The highest BCUT2D eigenvalue weighted by atomic mass is 16.5. The van der Waals surface area contributed by atoms with Gasteiger partial charge < -0.3 is 14.4 Å². The van der Waals surface area contributed by atoms with Gasteiger partial charge in [0.25, 0.3) is 0 Å². The molecule has 0 amide bonds. The van der Waals surface area contributed by atoms with E-state index >= 15 is 0 Å². The number of hydrogen-bond donors (Lipinski definition) is 0. The molecule has 1 aliphatic heterocycles. The van der Waals surface area contributed by atoms with Crippen LogP contribution < -0.4 is 9.64 Å². The van der Waals surface area contributed by atoms with Crippen molar-refractivity contribution in [3.63, 3.8) is 0 Å². The first kappa shape index (κ1) is 17.7. The van der Waals surface area contributed by atoms with Gasteiger partial charge in [0.1, 0.15) is 18.1 Å². The summed E-state index contributed by atoms with van der Waals surface area (Å²) in [6.45, 7) is 0. The molecule has 0 N–H and O–H groups in total. The zero-order valence-corrected chi connectivity index (χ0v) is 15.5. The molecule has 1 aliphatic rings. The molecule has 138 valence electrons. The van der Waals surface area contributed by atoms with Crippen molar-refractivity contribution >= 4 is 23.1 Å². The van der Waals surface area contributed by atoms with Crippen molar-refractivity contribution in [1.82, 2.24) is 4.98 Å². The Balaban J connectivity index is 1.91. The monoisotopic (exact) mass is 368 g/mol. The van der Waals surface area contributed by atoms with Gasteiger partial charge in [0.05, 0.1) is 12.8 Å². The lowest BCUT2D eigenvalue weighted by Crippen LogP contribution is -2.35. The number of aromatic nitrogens is 1. The first-order valence-electron chi connectivity index (χ1n) is 9.08. The normalized spacial score (nSPS) is 16.2. The van der Waals surface area contributed by atoms with Gasteiger partial charge in [-0.25, -0.2) is 0 Å². The maximum absolute atomic E-state index is 12.2. The van der Waals surface area contributed by atoms with Crippen molar-refractivity contribution in [2.45, 2.75) is 6.04 Å². The van der Waals surface area contributed by atoms with E-state index in [1.807, 2.05) is 90.0 Å². The maximum Gasteiger partial charge on any atom is 0.147 e. The van der Waals surface area contributed by atoms with Crippen LogP contribution in [0.15, 0.2) is 91.3 Å². The Bertz CT molecular complexity index is 1030. The largest absolute Gasteiger partial charge is 0.496 e. The highest BCUT2D eigenvalue weighted by Gasteiger charge is 2.28. The van der Waals surface area contributed by atoms with Crippen LogP contribution in [-0.2, 0) is 4.79 Å². The summed E-state index contributed by atoms with van der Waals surface area (Å²) in [5, 5.41) is 0. The molecule has 2 aromatic carbocycles. The molecule has 28 heavy (non-hydrogen) atoms. The zero-order valence-electron chi connectivity index (χ0n) is 15.5. The predicted molar refractivity (Wildman–Crippen MR) is 112 cm³/mol. The summed E-state index contributed by atoms with van der Waals surface area (Å²) in [7, 11) is 1.64. The summed E-state index contributed by atoms with van der Waals surface area (Å²) in [6, 6.07) is 23.0. The summed E-state index contributed by atoms with van der Waals surface area (Å²) >= 11 is 0. The Morgan fingerprint density at radius 3 is 2.43 bits per heavy atom. The number of rotatable bonds is 5. The second kappa shape index (κ2) is 7.92. The number of anilines is 1. The average molecular weight is 368 g/mol. The van der Waals surface area contributed by atoms with Gasteiger partial charge in [0, 0.05) is 29.2 Å². The van der Waals surface area contributed by atoms with E-state index in [2.05, 4.69) is 4.98 Å². The fourth-order valence-electron chi connectivity index (χ4n) is 3.44. The molecule has 4 heteroatoms. The molecule has 1 unspecified atom stereocenters. The minimum absolute atomic E-state index is 0.467. The number of benzene rings is 2. The van der Waals surface area contributed by atoms with Gasteiger partial charge in [0.2, 0.25) is 0 Å². The summed E-state index contributed by atoms with van der Waals surface area (Å²) < 4.78 is 5.56. The van der Waals surface area contributed by atoms with Gasteiger partial charge in [-0.2, -0.15) is 0 Å². The Labute approximate surface area is 164 Å². The number of para-hydroxylation sites is 2. The molecule has 0 aliphatic carbocycles. The van der Waals surface area contributed by atoms with E-state index in [1.165, 1.54) is 0 Å². The van der Waals surface area contributed by atoms with Crippen LogP contribution >= 0.6 is 0 Å². The number of methoxy groups -OCH3 is 1. The van der Waals surface area contributed by atoms with E-state index in [-0.39, 0.29) is 0 Å². The van der Waals surface area contributed by atoms with Crippen LogP contribution in [0.4, 0.5) is 5.69 Å². The van der Waals surface area contributed by atoms with Gasteiger partial charge in [-0.1, -0.05) is 42.5 Å². The highest BCUT2D eigenvalue weighted by Crippen LogP contribution is 2.37. The van der Waals surface area contributed by atoms with Crippen LogP contribution in [0.2, 0.25) is 0 Å². The Hall–Kier alpha value is -3.66. The van der Waals surface area contributed by atoms with E-state index in [4.69, 9.17) is 4.74 Å². The number of hydrogen-bond acceptors (Lipinski definition) is 4. The highest BCUT2D eigenvalue weighted by molar-refractivity contribution is 5.99. The SMILES string of the molecule is COc1ccccc1C1=CC(c2ccccn2)=CN(c2ccccc2)C1C=O. The number of pyridine rings is 1. The van der Waals surface area contributed by atoms with Gasteiger partial charge in [-0.3, -0.25) is 4.98 Å². The third-order valence-electron chi connectivity index (χ3n) is 4.77. The van der Waals surface area contributed by atoms with Crippen molar-refractivity contribution in [2.24, 2.45) is 0 Å². The molecule has 0 spiro atoms. The second-order valence-corrected chi connectivity index (χ2v) is 6.42. The molecule has 2 heterocycles. The average Bonchev–Trinajstić information content (AvgIpc) is 2.79. The van der Waals surface area contributed by atoms with Gasteiger partial charge in [-0.05, 0) is 42.0 Å². The minimum atomic E-state index is -0.467. The number of aldehydes is 1. The topological polar surface area (TPSA) is 42.4 Å². The molecular weight excluding hydrogens is 348 g/mol. The molecule has 3 aromatic rings. The van der Waals surface area contributed by atoms with Crippen LogP contribution in [-0.4, -0.2) is 24.4 Å². The molecule has 4 rings (SSSR count). The van der Waals surface area contributed by atoms with Gasteiger partial charge in [0.15, 0.2) is 0 Å². The summed E-state index contributed by atoms with van der Waals surface area (Å²) in [5.41, 5.74) is 4.49. The minimum Gasteiger partial charge on any atom is -0.496 e. The number of ether oxygens (including phenoxy) is 1. The van der Waals surface area contributed by atoms with Crippen molar-refractivity contribution in [3.8, 4) is 5.75 Å². The number of allylic oxidation sites excluding steroid dienone is 2. The molecule has 0 bridgehead atoms. The summed E-state index contributed by atoms with van der Waals surface area (Å²) in [6.07, 6.45) is 6.75. The number of carbonyl (C=O) groups is 1. The Morgan fingerprint density at radius 1 is 0.964 bits per heavy atom. The summed E-state index contributed by atoms with van der Waals surface area (Å²) in [5.74, 6) is 0.732. The van der Waals surface area contributed by atoms with Crippen molar-refractivity contribution in [1.29, 1.82) is 0 Å². The molecule has 4 nitrogen and oxygen atoms in total. The Morgan fingerprint density at radius 2 is 1.71 bits per heavy atom. The van der Waals surface area contributed by atoms with E-state index < -0.39 is 6.04 Å². The standard InChI is InChI=1S/C24H20N2O2/c1-28-24-13-6-5-11-20(24)21-15-18(22-12-7-8-14-25-22)16-26(23(21)17-27)19-9-3-2-4-10-19/h2-17,23H,1H3. The lowest BCUT2D eigenvalue weighted by molar-refractivity contribution is -0.107. The second-order valence-electron chi connectivity index (χ2n) is 6.42. The van der Waals surface area contributed by atoms with Gasteiger partial charge in [-0.15, -0.1) is 0 Å². The smallest absolute Gasteiger partial charge is 0.147 e. The lowest BCUT2D eigenvalue weighted by Gasteiger charge is -2.33. The molecule has 0 saturated carbocycles. The molecular formula is C24H20N2O2. The van der Waals surface area contributed by atoms with Crippen molar-refractivity contribution < 1.29 is 9.53 Å². The summed E-state index contributed by atoms with van der Waals surface area (Å²) in [4.78, 5) is 18.7. The van der Waals surface area contributed by atoms with E-state index in [9.17, 15) is 4.79 Å². The quantitative estimate of drug-likeness (QED) is 0.617. The predicted octanol–water partition coefficient (Wildman–Crippen LogP) is 4.60. The van der Waals surface area contributed by atoms with Crippen LogP contribution in [0.3, 0.4) is 0 Å². The lowest BCUT2D eigenvalue weighted by atomic mass is 9.91. The molecule has 1 aromatic heterocycles. The molecule has 1 atom stereocenters. The van der Waals surface area contributed by atoms with Gasteiger partial charge >= 0.3 is 0 Å². The van der Waals surface area contributed by atoms with Crippen molar-refractivity contribution in [3.05, 3.63) is 103 Å². The van der Waals surface area contributed by atoms with Crippen LogP contribution in [0, 0.1) is 0 Å². The van der Waals surface area contributed by atoms with E-state index in [0.717, 1.165) is 40.1 Å². The van der Waals surface area contributed by atoms with Crippen LogP contribution in [0.1, 0.15) is 11.3 Å². The molecule has 0 fully saturated rings. The number of carbonyl (C=O) groups excluding carboxylic acids is 1.